The molecule has 0 amide bonds. The molecule has 0 saturated heterocycles. The van der Waals surface area contributed by atoms with Crippen LogP contribution < -0.4 is 4.74 Å². The number of ketones is 1. The van der Waals surface area contributed by atoms with Gasteiger partial charge in [0, 0.05) is 26.2 Å². The molecule has 4 heteroatoms. The number of hydrogen-bond acceptors (Lipinski definition) is 4. The van der Waals surface area contributed by atoms with Gasteiger partial charge in [-0.2, -0.15) is 0 Å². The number of nitrogens with zero attached hydrogens (tertiary/aromatic N) is 1. The number of carbonyl (C=O) groups is 1. The minimum absolute atomic E-state index is 0.0188. The van der Waals surface area contributed by atoms with Crippen molar-refractivity contribution in [3.8, 4) is 5.75 Å². The third-order valence-electron chi connectivity index (χ3n) is 5.74. The summed E-state index contributed by atoms with van der Waals surface area (Å²) >= 11 is 0. The van der Waals surface area contributed by atoms with Crippen molar-refractivity contribution >= 4 is 11.4 Å². The average molecular weight is 392 g/mol. The minimum Gasteiger partial charge on any atom is -0.484 e. The molecule has 0 saturated carbocycles. The molecule has 1 unspecified atom stereocenters. The van der Waals surface area contributed by atoms with Gasteiger partial charge in [-0.05, 0) is 50.0 Å². The van der Waals surface area contributed by atoms with Gasteiger partial charge in [0.25, 0.3) is 0 Å². The predicted octanol–water partition coefficient (Wildman–Crippen LogP) is 4.60. The first-order chi connectivity index (χ1) is 14.0. The molecule has 0 radical (unpaired) electrons. The number of para-hydroxylation sites is 1. The monoisotopic (exact) mass is 391 g/mol. The third kappa shape index (κ3) is 4.44. The van der Waals surface area contributed by atoms with Gasteiger partial charge in [0.05, 0.1) is 5.56 Å². The first-order valence-electron chi connectivity index (χ1n) is 10.5. The molecule has 4 rings (SSSR count). The van der Waals surface area contributed by atoms with Crippen LogP contribution in [-0.2, 0) is 4.74 Å². The van der Waals surface area contributed by atoms with Crippen LogP contribution in [0.5, 0.6) is 5.75 Å². The van der Waals surface area contributed by atoms with Crippen LogP contribution >= 0.6 is 0 Å². The normalized spacial score (nSPS) is 21.2. The lowest BCUT2D eigenvalue weighted by molar-refractivity contribution is -0.0637. The Hall–Kier alpha value is -2.43. The molecule has 2 aromatic rings. The second kappa shape index (κ2) is 8.52. The van der Waals surface area contributed by atoms with E-state index in [-0.39, 0.29) is 5.78 Å². The lowest BCUT2D eigenvalue weighted by atomic mass is 9.89. The largest absolute Gasteiger partial charge is 0.484 e. The van der Waals surface area contributed by atoms with Crippen molar-refractivity contribution in [1.29, 1.82) is 0 Å². The van der Waals surface area contributed by atoms with Crippen LogP contribution in [0.15, 0.2) is 60.7 Å². The van der Waals surface area contributed by atoms with Crippen molar-refractivity contribution in [2.24, 2.45) is 0 Å². The number of benzene rings is 2. The summed E-state index contributed by atoms with van der Waals surface area (Å²) in [4.78, 5) is 15.3. The van der Waals surface area contributed by atoms with Crippen molar-refractivity contribution in [2.75, 3.05) is 26.2 Å². The van der Waals surface area contributed by atoms with Gasteiger partial charge in [0.15, 0.2) is 11.9 Å². The molecule has 29 heavy (non-hydrogen) atoms. The van der Waals surface area contributed by atoms with E-state index >= 15 is 0 Å². The third-order valence-corrected chi connectivity index (χ3v) is 5.74. The minimum atomic E-state index is -0.663. The van der Waals surface area contributed by atoms with Gasteiger partial charge in [0.1, 0.15) is 11.4 Å². The van der Waals surface area contributed by atoms with Gasteiger partial charge in [-0.25, -0.2) is 0 Å². The molecule has 2 heterocycles. The number of rotatable bonds is 6. The molecule has 0 bridgehead atoms. The summed E-state index contributed by atoms with van der Waals surface area (Å²) < 4.78 is 12.1. The van der Waals surface area contributed by atoms with Crippen LogP contribution in [0.2, 0.25) is 0 Å². The van der Waals surface area contributed by atoms with E-state index in [1.54, 1.807) is 0 Å². The molecule has 0 aromatic heterocycles. The van der Waals surface area contributed by atoms with Crippen molar-refractivity contribution in [1.82, 2.24) is 4.90 Å². The van der Waals surface area contributed by atoms with Gasteiger partial charge < -0.3 is 9.47 Å². The number of Topliss-reactive ketones (excluding diaryl/α,β-unsaturated/α-hetero) is 1. The summed E-state index contributed by atoms with van der Waals surface area (Å²) in [5, 5.41) is 0. The Morgan fingerprint density at radius 1 is 1.10 bits per heavy atom. The maximum atomic E-state index is 12.9. The van der Waals surface area contributed by atoms with Crippen molar-refractivity contribution < 1.29 is 14.3 Å². The molecule has 0 aliphatic carbocycles. The van der Waals surface area contributed by atoms with Crippen LogP contribution in [0.1, 0.15) is 42.6 Å². The van der Waals surface area contributed by atoms with Crippen LogP contribution in [0.3, 0.4) is 0 Å². The van der Waals surface area contributed by atoms with E-state index in [0.717, 1.165) is 32.5 Å². The molecule has 2 aliphatic rings. The van der Waals surface area contributed by atoms with Crippen molar-refractivity contribution in [3.63, 3.8) is 0 Å². The maximum absolute atomic E-state index is 12.9. The zero-order valence-corrected chi connectivity index (χ0v) is 17.3. The van der Waals surface area contributed by atoms with Gasteiger partial charge in [-0.3, -0.25) is 9.69 Å². The fraction of sp³-hybridized carbons (Fsp3) is 0.400. The fourth-order valence-corrected chi connectivity index (χ4v) is 4.15. The highest BCUT2D eigenvalue weighted by Gasteiger charge is 2.43. The van der Waals surface area contributed by atoms with E-state index in [1.807, 2.05) is 38.1 Å². The molecule has 0 spiro atoms. The molecule has 2 aliphatic heterocycles. The zero-order valence-electron chi connectivity index (χ0n) is 17.3. The van der Waals surface area contributed by atoms with Gasteiger partial charge >= 0.3 is 0 Å². The Kier molecular flexibility index (Phi) is 5.84. The Morgan fingerprint density at radius 3 is 2.62 bits per heavy atom. The van der Waals surface area contributed by atoms with E-state index < -0.39 is 11.7 Å². The highest BCUT2D eigenvalue weighted by Crippen LogP contribution is 2.34. The van der Waals surface area contributed by atoms with Crippen LogP contribution in [-0.4, -0.2) is 48.6 Å². The van der Waals surface area contributed by atoms with E-state index in [0.29, 0.717) is 17.9 Å². The second-order valence-electron chi connectivity index (χ2n) is 8.32. The molecule has 0 fully saturated rings. The predicted molar refractivity (Wildman–Crippen MR) is 115 cm³/mol. The summed E-state index contributed by atoms with van der Waals surface area (Å²) in [6.45, 7) is 7.40. The SMILES string of the molecule is CC1(C)Oc2ccccc2C(=O)C1OCCCN1CC=C(c2ccccc2)CC1. The van der Waals surface area contributed by atoms with Crippen molar-refractivity contribution in [3.05, 3.63) is 71.8 Å². The van der Waals surface area contributed by atoms with Crippen LogP contribution in [0.25, 0.3) is 5.57 Å². The second-order valence-corrected chi connectivity index (χ2v) is 8.32. The quantitative estimate of drug-likeness (QED) is 0.675. The molecule has 4 nitrogen and oxygen atoms in total. The van der Waals surface area contributed by atoms with Crippen LogP contribution in [0.4, 0.5) is 0 Å². The highest BCUT2D eigenvalue weighted by atomic mass is 16.6. The molecule has 1 atom stereocenters. The van der Waals surface area contributed by atoms with Gasteiger partial charge in [-0.15, -0.1) is 0 Å². The number of ether oxygens (including phenoxy) is 2. The highest BCUT2D eigenvalue weighted by molar-refractivity contribution is 6.03. The lowest BCUT2D eigenvalue weighted by Gasteiger charge is -2.38. The molecule has 2 aromatic carbocycles. The summed E-state index contributed by atoms with van der Waals surface area (Å²) in [5.41, 5.74) is 2.72. The number of fused-ring (bicyclic) bond motifs is 1. The molecule has 0 N–H and O–H groups in total. The van der Waals surface area contributed by atoms with E-state index in [2.05, 4.69) is 41.3 Å². The van der Waals surface area contributed by atoms with E-state index in [9.17, 15) is 4.79 Å². The Balaban J connectivity index is 1.27. The summed E-state index contributed by atoms with van der Waals surface area (Å²) in [5.74, 6) is 0.668. The van der Waals surface area contributed by atoms with Gasteiger partial charge in [-0.1, -0.05) is 48.5 Å². The fourth-order valence-electron chi connectivity index (χ4n) is 4.15. The summed E-state index contributed by atoms with van der Waals surface area (Å²) in [6.07, 6.45) is 3.74. The molecular weight excluding hydrogens is 362 g/mol. The van der Waals surface area contributed by atoms with Crippen LogP contribution in [0, 0.1) is 0 Å². The maximum Gasteiger partial charge on any atom is 0.199 e. The van der Waals surface area contributed by atoms with E-state index in [1.165, 1.54) is 11.1 Å². The van der Waals surface area contributed by atoms with E-state index in [4.69, 9.17) is 9.47 Å². The lowest BCUT2D eigenvalue weighted by Crippen LogP contribution is -2.52. The smallest absolute Gasteiger partial charge is 0.199 e. The Morgan fingerprint density at radius 2 is 1.86 bits per heavy atom. The average Bonchev–Trinajstić information content (AvgIpc) is 2.74. The zero-order chi connectivity index (χ0) is 20.3. The Labute approximate surface area is 173 Å². The topological polar surface area (TPSA) is 38.8 Å². The van der Waals surface area contributed by atoms with Crippen molar-refractivity contribution in [2.45, 2.75) is 38.4 Å². The number of carbonyl (C=O) groups excluding carboxylic acids is 1. The number of hydrogen-bond donors (Lipinski definition) is 0. The molecular formula is C25H29NO3. The molecule has 152 valence electrons. The standard InChI is InChI=1S/C25H29NO3/c1-25(2)24(23(27)21-11-6-7-12-22(21)29-25)28-18-8-15-26-16-13-20(14-17-26)19-9-4-3-5-10-19/h3-7,9-13,24H,8,14-18H2,1-2H3. The van der Waals surface area contributed by atoms with Gasteiger partial charge in [0.2, 0.25) is 0 Å². The first-order valence-corrected chi connectivity index (χ1v) is 10.5. The first kappa shape index (κ1) is 19.9. The Bertz CT molecular complexity index is 888. The summed E-state index contributed by atoms with van der Waals surface area (Å²) in [6, 6.07) is 18.0. The summed E-state index contributed by atoms with van der Waals surface area (Å²) in [7, 11) is 0.